The molecule has 2 aromatic carbocycles. The molecule has 0 unspecified atom stereocenters. The van der Waals surface area contributed by atoms with Crippen molar-refractivity contribution in [2.45, 2.75) is 31.0 Å². The Bertz CT molecular complexity index is 1280. The van der Waals surface area contributed by atoms with Crippen LogP contribution in [0.3, 0.4) is 0 Å². The summed E-state index contributed by atoms with van der Waals surface area (Å²) in [5, 5.41) is 2.21. The first-order chi connectivity index (χ1) is 13.6. The Morgan fingerprint density at radius 3 is 2.64 bits per heavy atom. The van der Waals surface area contributed by atoms with E-state index in [1.807, 2.05) is 55.5 Å². The lowest BCUT2D eigenvalue weighted by atomic mass is 10.1. The molecule has 140 valence electrons. The van der Waals surface area contributed by atoms with Crippen molar-refractivity contribution in [1.82, 2.24) is 14.5 Å². The summed E-state index contributed by atoms with van der Waals surface area (Å²) in [6.07, 6.45) is 1.98. The average molecular weight is 389 g/mol. The quantitative estimate of drug-likeness (QED) is 0.310. The van der Waals surface area contributed by atoms with Gasteiger partial charge in [0.25, 0.3) is 5.56 Å². The normalized spacial score (nSPS) is 14.0. The fraction of sp³-hybridized carbons (Fsp3) is 0.227. The molecule has 1 aliphatic carbocycles. The molecule has 1 fully saturated rings. The molecule has 2 aromatic heterocycles. The molecular weight excluding hydrogens is 370 g/mol. The van der Waals surface area contributed by atoms with E-state index in [-0.39, 0.29) is 23.1 Å². The van der Waals surface area contributed by atoms with Crippen molar-refractivity contribution in [2.24, 2.45) is 0 Å². The van der Waals surface area contributed by atoms with Gasteiger partial charge in [-0.1, -0.05) is 42.1 Å². The van der Waals surface area contributed by atoms with Crippen LogP contribution in [0.25, 0.3) is 21.8 Å². The van der Waals surface area contributed by atoms with Gasteiger partial charge in [0.2, 0.25) is 0 Å². The maximum Gasteiger partial charge on any atom is 0.262 e. The number of thioether (sulfide) groups is 1. The van der Waals surface area contributed by atoms with E-state index in [9.17, 15) is 9.59 Å². The Balaban J connectivity index is 1.50. The number of benzene rings is 2. The van der Waals surface area contributed by atoms with Crippen molar-refractivity contribution in [2.75, 3.05) is 5.75 Å². The topological polar surface area (TPSA) is 67.8 Å². The number of para-hydroxylation sites is 2. The van der Waals surface area contributed by atoms with Gasteiger partial charge in [-0.05, 0) is 38.0 Å². The summed E-state index contributed by atoms with van der Waals surface area (Å²) in [7, 11) is 0. The highest BCUT2D eigenvalue weighted by molar-refractivity contribution is 7.99. The van der Waals surface area contributed by atoms with Crippen LogP contribution in [-0.2, 0) is 0 Å². The number of aromatic nitrogens is 3. The second kappa shape index (κ2) is 6.63. The van der Waals surface area contributed by atoms with Crippen LogP contribution in [0.4, 0.5) is 0 Å². The number of nitrogens with one attached hydrogen (secondary N) is 1. The highest BCUT2D eigenvalue weighted by Gasteiger charge is 2.29. The minimum Gasteiger partial charge on any atom is -0.358 e. The van der Waals surface area contributed by atoms with Crippen molar-refractivity contribution in [1.29, 1.82) is 0 Å². The Hall–Kier alpha value is -2.86. The van der Waals surface area contributed by atoms with Crippen LogP contribution in [0, 0.1) is 6.92 Å². The second-order valence-electron chi connectivity index (χ2n) is 7.20. The summed E-state index contributed by atoms with van der Waals surface area (Å²) in [4.78, 5) is 33.9. The van der Waals surface area contributed by atoms with Gasteiger partial charge in [0.1, 0.15) is 0 Å². The molecule has 5 nitrogen and oxygen atoms in total. The van der Waals surface area contributed by atoms with Crippen molar-refractivity contribution < 1.29 is 4.79 Å². The standard InChI is InChI=1S/C22H19N3O2S/c1-13-20(15-6-2-4-8-17(15)23-13)19(26)12-28-22-24-18-9-5-3-7-16(18)21(27)25(22)14-10-11-14/h2-9,14,23H,10-12H2,1H3. The van der Waals surface area contributed by atoms with Gasteiger partial charge in [-0.2, -0.15) is 0 Å². The highest BCUT2D eigenvalue weighted by atomic mass is 32.2. The number of fused-ring (bicyclic) bond motifs is 2. The third kappa shape index (κ3) is 2.85. The van der Waals surface area contributed by atoms with E-state index in [0.717, 1.165) is 35.0 Å². The number of carbonyl (C=O) groups is 1. The van der Waals surface area contributed by atoms with Crippen LogP contribution >= 0.6 is 11.8 Å². The number of rotatable bonds is 5. The minimum absolute atomic E-state index is 0.00803. The molecule has 5 rings (SSSR count). The summed E-state index contributed by atoms with van der Waals surface area (Å²) < 4.78 is 1.78. The van der Waals surface area contributed by atoms with E-state index in [0.29, 0.717) is 16.1 Å². The largest absolute Gasteiger partial charge is 0.358 e. The van der Waals surface area contributed by atoms with E-state index in [4.69, 9.17) is 4.98 Å². The van der Waals surface area contributed by atoms with Gasteiger partial charge in [-0.25, -0.2) is 4.98 Å². The molecule has 1 N–H and O–H groups in total. The summed E-state index contributed by atoms with van der Waals surface area (Å²) in [6.45, 7) is 1.92. The SMILES string of the molecule is Cc1[nH]c2ccccc2c1C(=O)CSc1nc2ccccc2c(=O)n1C1CC1. The molecule has 6 heteroatoms. The van der Waals surface area contributed by atoms with Crippen LogP contribution < -0.4 is 5.56 Å². The molecular formula is C22H19N3O2S. The Morgan fingerprint density at radius 2 is 1.86 bits per heavy atom. The van der Waals surface area contributed by atoms with Crippen molar-refractivity contribution in [3.05, 3.63) is 70.1 Å². The number of Topliss-reactive ketones (excluding diaryl/α,β-unsaturated/α-hetero) is 1. The average Bonchev–Trinajstić information content (AvgIpc) is 3.47. The minimum atomic E-state index is -0.00803. The maximum atomic E-state index is 13.0. The number of H-pyrrole nitrogens is 1. The fourth-order valence-corrected chi connectivity index (χ4v) is 4.66. The van der Waals surface area contributed by atoms with E-state index >= 15 is 0 Å². The number of hydrogen-bond acceptors (Lipinski definition) is 4. The van der Waals surface area contributed by atoms with Crippen LogP contribution in [0.5, 0.6) is 0 Å². The molecule has 1 aliphatic rings. The molecule has 1 saturated carbocycles. The van der Waals surface area contributed by atoms with E-state index in [2.05, 4.69) is 4.98 Å². The first-order valence-corrected chi connectivity index (χ1v) is 10.4. The van der Waals surface area contributed by atoms with E-state index in [1.165, 1.54) is 11.8 Å². The van der Waals surface area contributed by atoms with Crippen molar-refractivity contribution >= 4 is 39.4 Å². The monoisotopic (exact) mass is 389 g/mol. The van der Waals surface area contributed by atoms with Gasteiger partial charge in [0, 0.05) is 28.2 Å². The summed E-state index contributed by atoms with van der Waals surface area (Å²) >= 11 is 1.36. The molecule has 28 heavy (non-hydrogen) atoms. The predicted octanol–water partition coefficient (Wildman–Crippen LogP) is 4.50. The van der Waals surface area contributed by atoms with Gasteiger partial charge in [-0.15, -0.1) is 0 Å². The van der Waals surface area contributed by atoms with Gasteiger partial charge >= 0.3 is 0 Å². The van der Waals surface area contributed by atoms with Gasteiger partial charge < -0.3 is 4.98 Å². The van der Waals surface area contributed by atoms with E-state index in [1.54, 1.807) is 4.57 Å². The predicted molar refractivity (Wildman–Crippen MR) is 112 cm³/mol. The number of aryl methyl sites for hydroxylation is 1. The molecule has 0 radical (unpaired) electrons. The molecule has 0 saturated heterocycles. The maximum absolute atomic E-state index is 13.0. The molecule has 0 spiro atoms. The van der Waals surface area contributed by atoms with Crippen LogP contribution in [0.1, 0.15) is 34.9 Å². The van der Waals surface area contributed by atoms with Crippen LogP contribution in [0.2, 0.25) is 0 Å². The molecule has 2 heterocycles. The summed E-state index contributed by atoms with van der Waals surface area (Å²) in [5.41, 5.74) is 3.24. The number of hydrogen-bond donors (Lipinski definition) is 1. The lowest BCUT2D eigenvalue weighted by Gasteiger charge is -2.12. The molecule has 0 amide bonds. The van der Waals surface area contributed by atoms with Gasteiger partial charge in [0.15, 0.2) is 10.9 Å². The van der Waals surface area contributed by atoms with Crippen molar-refractivity contribution in [3.63, 3.8) is 0 Å². The zero-order valence-electron chi connectivity index (χ0n) is 15.4. The summed E-state index contributed by atoms with van der Waals surface area (Å²) in [6, 6.07) is 15.4. The third-order valence-corrected chi connectivity index (χ3v) is 6.14. The third-order valence-electron chi connectivity index (χ3n) is 5.19. The smallest absolute Gasteiger partial charge is 0.262 e. The van der Waals surface area contributed by atoms with Crippen LogP contribution in [0.15, 0.2) is 58.5 Å². The highest BCUT2D eigenvalue weighted by Crippen LogP contribution is 2.37. The zero-order chi connectivity index (χ0) is 19.3. The zero-order valence-corrected chi connectivity index (χ0v) is 16.3. The first kappa shape index (κ1) is 17.3. The number of aromatic amines is 1. The second-order valence-corrected chi connectivity index (χ2v) is 8.14. The molecule has 0 bridgehead atoms. The fourth-order valence-electron chi connectivity index (χ4n) is 3.72. The lowest BCUT2D eigenvalue weighted by molar-refractivity contribution is 0.102. The summed E-state index contributed by atoms with van der Waals surface area (Å²) in [5.74, 6) is 0.296. The van der Waals surface area contributed by atoms with Gasteiger partial charge in [0.05, 0.1) is 16.7 Å². The molecule has 4 aromatic rings. The Labute approximate surface area is 165 Å². The van der Waals surface area contributed by atoms with Gasteiger partial charge in [-0.3, -0.25) is 14.2 Å². The Morgan fingerprint density at radius 1 is 1.14 bits per heavy atom. The number of carbonyl (C=O) groups excluding carboxylic acids is 1. The Kier molecular flexibility index (Phi) is 4.09. The molecule has 0 aliphatic heterocycles. The lowest BCUT2D eigenvalue weighted by Crippen LogP contribution is -2.22. The van der Waals surface area contributed by atoms with E-state index < -0.39 is 0 Å². The number of ketones is 1. The first-order valence-electron chi connectivity index (χ1n) is 9.38. The van der Waals surface area contributed by atoms with Crippen molar-refractivity contribution in [3.8, 4) is 0 Å². The van der Waals surface area contributed by atoms with Crippen LogP contribution in [-0.4, -0.2) is 26.1 Å². The molecule has 0 atom stereocenters. The number of nitrogens with zero attached hydrogens (tertiary/aromatic N) is 2.